The van der Waals surface area contributed by atoms with Crippen LogP contribution in [0.2, 0.25) is 10.0 Å². The van der Waals surface area contributed by atoms with E-state index in [9.17, 15) is 19.2 Å². The Morgan fingerprint density at radius 1 is 0.625 bits per heavy atom. The lowest BCUT2D eigenvalue weighted by atomic mass is 10.1. The summed E-state index contributed by atoms with van der Waals surface area (Å²) in [6.07, 6.45) is 0. The minimum Gasteiger partial charge on any atom is -0.318 e. The fourth-order valence-electron chi connectivity index (χ4n) is 2.23. The third kappa shape index (κ3) is 2.89. The number of fused-ring (bicyclic) bond motifs is 2. The Balaban J connectivity index is 0.000000141. The van der Waals surface area contributed by atoms with E-state index in [1.165, 1.54) is 12.1 Å². The monoisotopic (exact) mass is 362 g/mol. The van der Waals surface area contributed by atoms with E-state index in [1.807, 2.05) is 0 Å². The van der Waals surface area contributed by atoms with Crippen molar-refractivity contribution in [3.05, 3.63) is 57.6 Å². The molecular weight excluding hydrogens is 355 g/mol. The SMILES string of the molecule is O=C1Nc2ccc(Cl)cc2C1=O.O=C1Nc2ccc(Cl)cc2C1=O. The van der Waals surface area contributed by atoms with Crippen LogP contribution in [-0.2, 0) is 9.59 Å². The Labute approximate surface area is 145 Å². The zero-order chi connectivity index (χ0) is 17.4. The molecule has 120 valence electrons. The molecule has 2 amide bonds. The van der Waals surface area contributed by atoms with Gasteiger partial charge in [0, 0.05) is 10.0 Å². The lowest BCUT2D eigenvalue weighted by Gasteiger charge is -1.94. The van der Waals surface area contributed by atoms with Gasteiger partial charge < -0.3 is 10.6 Å². The summed E-state index contributed by atoms with van der Waals surface area (Å²) in [6, 6.07) is 9.44. The molecule has 8 heteroatoms. The summed E-state index contributed by atoms with van der Waals surface area (Å²) >= 11 is 11.3. The summed E-state index contributed by atoms with van der Waals surface area (Å²) in [5.74, 6) is -2.22. The topological polar surface area (TPSA) is 92.3 Å². The maximum Gasteiger partial charge on any atom is 0.296 e. The average molecular weight is 363 g/mol. The summed E-state index contributed by atoms with van der Waals surface area (Å²) < 4.78 is 0. The van der Waals surface area contributed by atoms with E-state index in [0.717, 1.165) is 0 Å². The van der Waals surface area contributed by atoms with Crippen LogP contribution in [0.1, 0.15) is 20.7 Å². The first-order chi connectivity index (χ1) is 11.4. The Hall–Kier alpha value is -2.70. The van der Waals surface area contributed by atoms with Gasteiger partial charge in [0.1, 0.15) is 0 Å². The van der Waals surface area contributed by atoms with Crippen molar-refractivity contribution >= 4 is 58.0 Å². The summed E-state index contributed by atoms with van der Waals surface area (Å²) in [6.45, 7) is 0. The minimum absolute atomic E-state index is 0.354. The average Bonchev–Trinajstić information content (AvgIpc) is 2.99. The number of hydrogen-bond donors (Lipinski definition) is 2. The van der Waals surface area contributed by atoms with E-state index in [-0.39, 0.29) is 0 Å². The van der Waals surface area contributed by atoms with Crippen molar-refractivity contribution in [3.63, 3.8) is 0 Å². The number of carbonyl (C=O) groups is 4. The van der Waals surface area contributed by atoms with Crippen molar-refractivity contribution in [2.24, 2.45) is 0 Å². The summed E-state index contributed by atoms with van der Waals surface area (Å²) in [5.41, 5.74) is 1.78. The predicted molar refractivity (Wildman–Crippen MR) is 88.8 cm³/mol. The summed E-state index contributed by atoms with van der Waals surface area (Å²) in [5, 5.41) is 5.77. The van der Waals surface area contributed by atoms with Crippen LogP contribution in [0.25, 0.3) is 0 Å². The molecule has 0 bridgehead atoms. The smallest absolute Gasteiger partial charge is 0.296 e. The molecule has 0 saturated carbocycles. The fraction of sp³-hybridized carbons (Fsp3) is 0. The van der Waals surface area contributed by atoms with Crippen molar-refractivity contribution in [2.75, 3.05) is 10.6 Å². The van der Waals surface area contributed by atoms with E-state index in [2.05, 4.69) is 10.6 Å². The van der Waals surface area contributed by atoms with Gasteiger partial charge in [-0.2, -0.15) is 0 Å². The molecule has 4 rings (SSSR count). The zero-order valence-electron chi connectivity index (χ0n) is 11.9. The molecule has 2 N–H and O–H groups in total. The van der Waals surface area contributed by atoms with Crippen molar-refractivity contribution in [1.82, 2.24) is 0 Å². The lowest BCUT2D eigenvalue weighted by Crippen LogP contribution is -2.12. The Morgan fingerprint density at radius 2 is 1.00 bits per heavy atom. The highest BCUT2D eigenvalue weighted by atomic mass is 35.5. The third-order valence-corrected chi connectivity index (χ3v) is 3.83. The number of hydrogen-bond acceptors (Lipinski definition) is 4. The Morgan fingerprint density at radius 3 is 1.38 bits per heavy atom. The van der Waals surface area contributed by atoms with Crippen molar-refractivity contribution in [3.8, 4) is 0 Å². The first-order valence-corrected chi connectivity index (χ1v) is 7.43. The molecule has 0 aliphatic carbocycles. The second-order valence-corrected chi connectivity index (χ2v) is 5.82. The molecule has 0 atom stereocenters. The van der Waals surface area contributed by atoms with Gasteiger partial charge in [-0.25, -0.2) is 0 Å². The van der Waals surface area contributed by atoms with Crippen LogP contribution in [0.5, 0.6) is 0 Å². The van der Waals surface area contributed by atoms with Crippen LogP contribution in [0.3, 0.4) is 0 Å². The van der Waals surface area contributed by atoms with Gasteiger partial charge in [-0.05, 0) is 36.4 Å². The van der Waals surface area contributed by atoms with Gasteiger partial charge in [-0.15, -0.1) is 0 Å². The van der Waals surface area contributed by atoms with Crippen LogP contribution in [0.15, 0.2) is 36.4 Å². The minimum atomic E-state index is -0.590. The standard InChI is InChI=1S/2C8H4ClNO2/c2*9-4-1-2-6-5(3-4)7(11)8(12)10-6/h2*1-3H,(H,10,11,12). The molecule has 0 spiro atoms. The normalized spacial score (nSPS) is 14.4. The quantitative estimate of drug-likeness (QED) is 0.704. The van der Waals surface area contributed by atoms with Crippen molar-refractivity contribution in [1.29, 1.82) is 0 Å². The largest absolute Gasteiger partial charge is 0.318 e. The number of Topliss-reactive ketones (excluding diaryl/α,β-unsaturated/α-hetero) is 2. The fourth-order valence-corrected chi connectivity index (χ4v) is 2.57. The number of carbonyl (C=O) groups excluding carboxylic acids is 4. The van der Waals surface area contributed by atoms with Crippen LogP contribution < -0.4 is 10.6 Å². The number of ketones is 2. The third-order valence-electron chi connectivity index (χ3n) is 3.36. The molecule has 2 aromatic carbocycles. The number of nitrogens with one attached hydrogen (secondary N) is 2. The molecule has 24 heavy (non-hydrogen) atoms. The van der Waals surface area contributed by atoms with Gasteiger partial charge >= 0.3 is 0 Å². The van der Waals surface area contributed by atoms with Crippen molar-refractivity contribution in [2.45, 2.75) is 0 Å². The number of rotatable bonds is 0. The molecule has 0 fully saturated rings. The molecule has 0 saturated heterocycles. The first kappa shape index (κ1) is 16.2. The number of anilines is 2. The molecule has 2 aliphatic rings. The maximum absolute atomic E-state index is 11.1. The van der Waals surface area contributed by atoms with Gasteiger partial charge in [0.05, 0.1) is 22.5 Å². The molecule has 2 aromatic rings. The van der Waals surface area contributed by atoms with E-state index < -0.39 is 23.4 Å². The molecular formula is C16H8Cl2N2O4. The molecule has 0 aromatic heterocycles. The molecule has 2 aliphatic heterocycles. The number of halogens is 2. The lowest BCUT2D eigenvalue weighted by molar-refractivity contribution is -0.112. The summed E-state index contributed by atoms with van der Waals surface area (Å²) in [4.78, 5) is 43.8. The van der Waals surface area contributed by atoms with Gasteiger partial charge in [-0.1, -0.05) is 23.2 Å². The zero-order valence-corrected chi connectivity index (χ0v) is 13.4. The molecule has 0 radical (unpaired) electrons. The van der Waals surface area contributed by atoms with Gasteiger partial charge in [0.2, 0.25) is 0 Å². The van der Waals surface area contributed by atoms with Crippen LogP contribution >= 0.6 is 23.2 Å². The van der Waals surface area contributed by atoms with Crippen LogP contribution in [-0.4, -0.2) is 23.4 Å². The second-order valence-electron chi connectivity index (χ2n) is 4.95. The molecule has 2 heterocycles. The van der Waals surface area contributed by atoms with Gasteiger partial charge in [-0.3, -0.25) is 19.2 Å². The molecule has 0 unspecified atom stereocenters. The van der Waals surface area contributed by atoms with Crippen molar-refractivity contribution < 1.29 is 19.2 Å². The maximum atomic E-state index is 11.1. The molecule has 6 nitrogen and oxygen atoms in total. The Kier molecular flexibility index (Phi) is 4.09. The van der Waals surface area contributed by atoms with E-state index >= 15 is 0 Å². The Bertz CT molecular complexity index is 849. The van der Waals surface area contributed by atoms with E-state index in [0.29, 0.717) is 32.5 Å². The predicted octanol–water partition coefficient (Wildman–Crippen LogP) is 2.95. The number of benzene rings is 2. The van der Waals surface area contributed by atoms with Gasteiger partial charge in [0.15, 0.2) is 0 Å². The first-order valence-electron chi connectivity index (χ1n) is 6.67. The van der Waals surface area contributed by atoms with E-state index in [1.54, 1.807) is 24.3 Å². The van der Waals surface area contributed by atoms with Crippen LogP contribution in [0.4, 0.5) is 11.4 Å². The number of amides is 2. The second kappa shape index (κ2) is 6.07. The van der Waals surface area contributed by atoms with Crippen LogP contribution in [0, 0.1) is 0 Å². The highest BCUT2D eigenvalue weighted by molar-refractivity contribution is 6.52. The van der Waals surface area contributed by atoms with Gasteiger partial charge in [0.25, 0.3) is 23.4 Å². The highest BCUT2D eigenvalue weighted by Gasteiger charge is 2.28. The van der Waals surface area contributed by atoms with E-state index in [4.69, 9.17) is 23.2 Å². The summed E-state index contributed by atoms with van der Waals surface area (Å²) in [7, 11) is 0. The highest BCUT2D eigenvalue weighted by Crippen LogP contribution is 2.26.